The predicted octanol–water partition coefficient (Wildman–Crippen LogP) is 4.68. The van der Waals surface area contributed by atoms with E-state index in [0.717, 1.165) is 46.7 Å². The second kappa shape index (κ2) is 15.5. The topological polar surface area (TPSA) is 147 Å². The lowest BCUT2D eigenvalue weighted by molar-refractivity contribution is -0.245. The Balaban J connectivity index is 1.31. The van der Waals surface area contributed by atoms with Gasteiger partial charge in [0.15, 0.2) is 11.4 Å². The first-order chi connectivity index (χ1) is 19.5. The van der Waals surface area contributed by atoms with Crippen LogP contribution in [0.4, 0.5) is 0 Å². The molecule has 4 rings (SSSR count). The number of carboxylic acids is 1. The van der Waals surface area contributed by atoms with E-state index in [4.69, 9.17) is 14.6 Å². The van der Waals surface area contributed by atoms with Gasteiger partial charge < -0.3 is 25.0 Å². The number of H-pyrrole nitrogens is 1. The van der Waals surface area contributed by atoms with Gasteiger partial charge in [-0.15, -0.1) is 0 Å². The van der Waals surface area contributed by atoms with Gasteiger partial charge in [-0.2, -0.15) is 5.10 Å². The molecule has 2 aromatic carbocycles. The van der Waals surface area contributed by atoms with E-state index in [0.29, 0.717) is 31.6 Å². The van der Waals surface area contributed by atoms with Crippen molar-refractivity contribution >= 4 is 23.6 Å². The predicted molar refractivity (Wildman–Crippen MR) is 149 cm³/mol. The molecule has 0 aliphatic carbocycles. The monoisotopic (exact) mass is 568 g/mol. The van der Waals surface area contributed by atoms with E-state index in [1.54, 1.807) is 11.8 Å². The van der Waals surface area contributed by atoms with E-state index in [9.17, 15) is 14.7 Å². The molecule has 0 radical (unpaired) electrons. The van der Waals surface area contributed by atoms with Crippen molar-refractivity contribution in [2.75, 3.05) is 5.75 Å². The SMILES string of the molecule is O=C(O)CCCCCCC(=O)NCc1ccc([C@@H]2O[C@H](CSc3ncn[nH]3)C[C@H](c3ccc(CO)cc3)O2)cc1. The molecular formula is C29H36N4O6S. The molecule has 0 saturated carbocycles. The molecule has 1 amide bonds. The first-order valence-corrected chi connectivity index (χ1v) is 14.5. The molecule has 0 spiro atoms. The number of rotatable bonds is 15. The molecule has 1 saturated heterocycles. The summed E-state index contributed by atoms with van der Waals surface area (Å²) in [5.41, 5.74) is 3.75. The lowest BCUT2D eigenvalue weighted by atomic mass is 10.0. The average Bonchev–Trinajstić information content (AvgIpc) is 3.51. The number of aliphatic carboxylic acids is 1. The zero-order chi connectivity index (χ0) is 28.2. The van der Waals surface area contributed by atoms with Gasteiger partial charge in [0.1, 0.15) is 6.33 Å². The van der Waals surface area contributed by atoms with Gasteiger partial charge >= 0.3 is 5.97 Å². The maximum absolute atomic E-state index is 12.2. The molecule has 1 aliphatic heterocycles. The third-order valence-electron chi connectivity index (χ3n) is 6.70. The number of amides is 1. The number of aliphatic hydroxyl groups is 1. The van der Waals surface area contributed by atoms with Gasteiger partial charge in [-0.1, -0.05) is 73.1 Å². The highest BCUT2D eigenvalue weighted by molar-refractivity contribution is 7.99. The van der Waals surface area contributed by atoms with Gasteiger partial charge in [0.25, 0.3) is 0 Å². The van der Waals surface area contributed by atoms with Crippen LogP contribution in [-0.2, 0) is 32.2 Å². The molecule has 11 heteroatoms. The van der Waals surface area contributed by atoms with Crippen molar-refractivity contribution in [3.05, 3.63) is 77.1 Å². The number of hydrogen-bond donors (Lipinski definition) is 4. The molecule has 0 unspecified atom stereocenters. The van der Waals surface area contributed by atoms with Gasteiger partial charge in [0.2, 0.25) is 5.91 Å². The fourth-order valence-electron chi connectivity index (χ4n) is 4.46. The van der Waals surface area contributed by atoms with Gasteiger partial charge in [0, 0.05) is 37.1 Å². The van der Waals surface area contributed by atoms with Crippen molar-refractivity contribution in [2.24, 2.45) is 0 Å². The van der Waals surface area contributed by atoms with Crippen LogP contribution < -0.4 is 5.32 Å². The van der Waals surface area contributed by atoms with E-state index < -0.39 is 12.3 Å². The Kier molecular flexibility index (Phi) is 11.5. The molecule has 3 atom stereocenters. The van der Waals surface area contributed by atoms with Crippen LogP contribution in [-0.4, -0.2) is 49.1 Å². The smallest absolute Gasteiger partial charge is 0.303 e. The van der Waals surface area contributed by atoms with Gasteiger partial charge in [-0.3, -0.25) is 14.7 Å². The summed E-state index contributed by atoms with van der Waals surface area (Å²) in [5.74, 6) is -0.104. The Morgan fingerprint density at radius 3 is 2.33 bits per heavy atom. The Morgan fingerprint density at radius 1 is 0.950 bits per heavy atom. The largest absolute Gasteiger partial charge is 0.481 e. The fraction of sp³-hybridized carbons (Fsp3) is 0.448. The molecule has 1 aromatic heterocycles. The molecular weight excluding hydrogens is 532 g/mol. The summed E-state index contributed by atoms with van der Waals surface area (Å²) in [6.07, 6.45) is 5.04. The Labute approximate surface area is 237 Å². The maximum atomic E-state index is 12.2. The molecule has 1 fully saturated rings. The van der Waals surface area contributed by atoms with Crippen molar-refractivity contribution in [1.29, 1.82) is 0 Å². The third-order valence-corrected chi connectivity index (χ3v) is 7.71. The number of carboxylic acid groups (broad SMARTS) is 1. The number of carbonyl (C=O) groups excluding carboxylic acids is 1. The molecule has 214 valence electrons. The number of unbranched alkanes of at least 4 members (excludes halogenated alkanes) is 3. The molecule has 3 aromatic rings. The maximum Gasteiger partial charge on any atom is 0.303 e. The van der Waals surface area contributed by atoms with Crippen molar-refractivity contribution in [3.8, 4) is 0 Å². The summed E-state index contributed by atoms with van der Waals surface area (Å²) in [5, 5.41) is 28.5. The lowest BCUT2D eigenvalue weighted by Gasteiger charge is -2.36. The minimum Gasteiger partial charge on any atom is -0.481 e. The summed E-state index contributed by atoms with van der Waals surface area (Å²) < 4.78 is 12.7. The fourth-order valence-corrected chi connectivity index (χ4v) is 5.25. The van der Waals surface area contributed by atoms with Crippen LogP contribution >= 0.6 is 11.8 Å². The average molecular weight is 569 g/mol. The minimum atomic E-state index is -0.777. The van der Waals surface area contributed by atoms with Crippen molar-refractivity contribution in [1.82, 2.24) is 20.5 Å². The van der Waals surface area contributed by atoms with E-state index in [1.807, 2.05) is 48.5 Å². The number of aromatic amines is 1. The highest BCUT2D eigenvalue weighted by atomic mass is 32.2. The van der Waals surface area contributed by atoms with Crippen LogP contribution in [0.5, 0.6) is 0 Å². The second-order valence-corrected chi connectivity index (χ2v) is 10.8. The highest BCUT2D eigenvalue weighted by Crippen LogP contribution is 2.39. The summed E-state index contributed by atoms with van der Waals surface area (Å²) in [6, 6.07) is 15.6. The number of nitrogens with zero attached hydrogens (tertiary/aromatic N) is 2. The number of ether oxygens (including phenoxy) is 2. The minimum absolute atomic E-state index is 0.00457. The zero-order valence-corrected chi connectivity index (χ0v) is 23.1. The molecule has 4 N–H and O–H groups in total. The molecule has 10 nitrogen and oxygen atoms in total. The zero-order valence-electron chi connectivity index (χ0n) is 22.3. The van der Waals surface area contributed by atoms with E-state index in [1.165, 1.54) is 6.33 Å². The third kappa shape index (κ3) is 9.44. The van der Waals surface area contributed by atoms with Crippen LogP contribution in [0.15, 0.2) is 60.0 Å². The van der Waals surface area contributed by atoms with Crippen molar-refractivity contribution in [2.45, 2.75) is 81.8 Å². The number of aromatic nitrogens is 3. The van der Waals surface area contributed by atoms with Gasteiger partial charge in [-0.05, 0) is 29.5 Å². The molecule has 0 bridgehead atoms. The number of carbonyl (C=O) groups is 2. The van der Waals surface area contributed by atoms with Crippen LogP contribution in [0.2, 0.25) is 0 Å². The number of hydrogen-bond acceptors (Lipinski definition) is 8. The molecule has 1 aliphatic rings. The summed E-state index contributed by atoms with van der Waals surface area (Å²) in [4.78, 5) is 26.9. The highest BCUT2D eigenvalue weighted by Gasteiger charge is 2.32. The van der Waals surface area contributed by atoms with Crippen molar-refractivity contribution < 1.29 is 29.3 Å². The molecule has 2 heterocycles. The second-order valence-electron chi connectivity index (χ2n) is 9.78. The van der Waals surface area contributed by atoms with E-state index in [-0.39, 0.29) is 31.1 Å². The van der Waals surface area contributed by atoms with Gasteiger partial charge in [0.05, 0.1) is 18.8 Å². The normalized spacial score (nSPS) is 18.9. The number of aliphatic hydroxyl groups excluding tert-OH is 1. The molecule has 40 heavy (non-hydrogen) atoms. The number of nitrogens with one attached hydrogen (secondary N) is 2. The van der Waals surface area contributed by atoms with E-state index >= 15 is 0 Å². The number of thioether (sulfide) groups is 1. The summed E-state index contributed by atoms with van der Waals surface area (Å²) in [7, 11) is 0. The first kappa shape index (κ1) is 29.7. The first-order valence-electron chi connectivity index (χ1n) is 13.6. The number of benzene rings is 2. The lowest BCUT2D eigenvalue weighted by Crippen LogP contribution is -2.31. The van der Waals surface area contributed by atoms with Crippen LogP contribution in [0.25, 0.3) is 0 Å². The van der Waals surface area contributed by atoms with Crippen molar-refractivity contribution in [3.63, 3.8) is 0 Å². The summed E-state index contributed by atoms with van der Waals surface area (Å²) >= 11 is 1.55. The standard InChI is InChI=1S/C29H36N4O6S/c34-17-21-9-11-22(12-10-21)25-15-24(18-40-29-31-19-32-33-29)38-28(39-25)23-13-7-20(8-14-23)16-30-26(35)5-3-1-2-4-6-27(36)37/h7-14,19,24-25,28,34H,1-6,15-18H2,(H,30,35)(H,36,37)(H,31,32,33)/t24-,25+,28+/m0/s1. The summed E-state index contributed by atoms with van der Waals surface area (Å²) in [6.45, 7) is 0.427. The Bertz CT molecular complexity index is 1190. The van der Waals surface area contributed by atoms with Gasteiger partial charge in [-0.25, -0.2) is 4.98 Å². The Hall–Kier alpha value is -3.25. The van der Waals surface area contributed by atoms with Crippen LogP contribution in [0, 0.1) is 0 Å². The van der Waals surface area contributed by atoms with E-state index in [2.05, 4.69) is 20.5 Å². The Morgan fingerprint density at radius 2 is 1.65 bits per heavy atom. The quantitative estimate of drug-likeness (QED) is 0.152. The van der Waals surface area contributed by atoms with Crippen LogP contribution in [0.1, 0.15) is 79.6 Å². The van der Waals surface area contributed by atoms with Crippen LogP contribution in [0.3, 0.4) is 0 Å².